The Morgan fingerprint density at radius 1 is 0.963 bits per heavy atom. The van der Waals surface area contributed by atoms with Crippen LogP contribution in [0.1, 0.15) is 10.4 Å². The summed E-state index contributed by atoms with van der Waals surface area (Å²) in [7, 11) is 3.15. The van der Waals surface area contributed by atoms with Crippen LogP contribution < -0.4 is 14.4 Å². The van der Waals surface area contributed by atoms with Crippen molar-refractivity contribution < 1.29 is 14.3 Å². The number of carbonyl (C=O) groups is 1. The van der Waals surface area contributed by atoms with Gasteiger partial charge < -0.3 is 19.3 Å². The number of hydrogen-bond acceptors (Lipinski definition) is 6. The molecule has 8 nitrogen and oxygen atoms in total. The van der Waals surface area contributed by atoms with Gasteiger partial charge in [0, 0.05) is 44.0 Å². The molecule has 1 fully saturated rings. The molecule has 0 atom stereocenters. The summed E-state index contributed by atoms with van der Waals surface area (Å²) in [6.07, 6.45) is 1.95. The highest BCUT2D eigenvalue weighted by atomic mass is 16.5. The van der Waals surface area contributed by atoms with Crippen molar-refractivity contribution >= 4 is 17.5 Å². The second-order valence-corrected chi connectivity index (χ2v) is 6.31. The highest BCUT2D eigenvalue weighted by molar-refractivity contribution is 5.95. The van der Waals surface area contributed by atoms with Crippen molar-refractivity contribution in [3.63, 3.8) is 0 Å². The van der Waals surface area contributed by atoms with Gasteiger partial charge in [0.2, 0.25) is 5.95 Å². The summed E-state index contributed by atoms with van der Waals surface area (Å²) in [5, 5.41) is 8.49. The summed E-state index contributed by atoms with van der Waals surface area (Å²) < 4.78 is 12.5. The van der Waals surface area contributed by atoms with Gasteiger partial charge in [0.25, 0.3) is 5.91 Å². The van der Waals surface area contributed by atoms with Crippen molar-refractivity contribution in [2.75, 3.05) is 45.3 Å². The molecule has 0 radical (unpaired) electrons. The molecule has 0 saturated carbocycles. The number of rotatable bonds is 4. The van der Waals surface area contributed by atoms with Crippen LogP contribution in [-0.2, 0) is 0 Å². The summed E-state index contributed by atoms with van der Waals surface area (Å²) in [6.45, 7) is 2.62. The first-order valence-corrected chi connectivity index (χ1v) is 8.76. The lowest BCUT2D eigenvalue weighted by atomic mass is 10.1. The summed E-state index contributed by atoms with van der Waals surface area (Å²) in [5.41, 5.74) is 1.38. The standard InChI is InChI=1S/C19H21N5O3/c1-26-15-11-14(12-16(13-15)27-2)18(25)22-7-9-23(10-8-22)19-21-20-17-5-3-4-6-24(17)19/h3-6,11-13H,7-10H2,1-2H3. The van der Waals surface area contributed by atoms with Crippen LogP contribution in [0.15, 0.2) is 42.6 Å². The van der Waals surface area contributed by atoms with Gasteiger partial charge in [0.1, 0.15) is 11.5 Å². The Morgan fingerprint density at radius 2 is 1.67 bits per heavy atom. The van der Waals surface area contributed by atoms with E-state index in [9.17, 15) is 4.79 Å². The molecule has 1 saturated heterocycles. The Kier molecular flexibility index (Phi) is 4.53. The molecule has 4 rings (SSSR count). The third-order valence-electron chi connectivity index (χ3n) is 4.74. The molecule has 1 aromatic carbocycles. The lowest BCUT2D eigenvalue weighted by molar-refractivity contribution is 0.0745. The van der Waals surface area contributed by atoms with Gasteiger partial charge in [-0.05, 0) is 24.3 Å². The van der Waals surface area contributed by atoms with Gasteiger partial charge in [-0.15, -0.1) is 10.2 Å². The molecule has 1 aliphatic rings. The molecule has 0 bridgehead atoms. The molecule has 0 N–H and O–H groups in total. The Hall–Kier alpha value is -3.29. The third kappa shape index (κ3) is 3.25. The molecule has 8 heteroatoms. The van der Waals surface area contributed by atoms with E-state index in [1.165, 1.54) is 0 Å². The van der Waals surface area contributed by atoms with Gasteiger partial charge in [-0.1, -0.05) is 6.07 Å². The van der Waals surface area contributed by atoms with Crippen LogP contribution in [0.25, 0.3) is 5.65 Å². The van der Waals surface area contributed by atoms with Crippen LogP contribution in [0, 0.1) is 0 Å². The largest absolute Gasteiger partial charge is 0.497 e. The Morgan fingerprint density at radius 3 is 2.33 bits per heavy atom. The number of carbonyl (C=O) groups excluding carboxylic acids is 1. The van der Waals surface area contributed by atoms with Crippen molar-refractivity contribution in [1.29, 1.82) is 0 Å². The molecule has 3 heterocycles. The minimum atomic E-state index is -0.0297. The van der Waals surface area contributed by atoms with E-state index in [1.807, 2.05) is 33.7 Å². The zero-order valence-electron chi connectivity index (χ0n) is 15.3. The smallest absolute Gasteiger partial charge is 0.254 e. The zero-order valence-corrected chi connectivity index (χ0v) is 15.3. The Balaban J connectivity index is 1.48. The lowest BCUT2D eigenvalue weighted by Gasteiger charge is -2.34. The van der Waals surface area contributed by atoms with Crippen LogP contribution in [-0.4, -0.2) is 65.8 Å². The molecule has 1 aliphatic heterocycles. The molecular weight excluding hydrogens is 346 g/mol. The van der Waals surface area contributed by atoms with Crippen LogP contribution in [0.4, 0.5) is 5.95 Å². The predicted octanol–water partition coefficient (Wildman–Crippen LogP) is 1.71. The number of pyridine rings is 1. The fourth-order valence-corrected chi connectivity index (χ4v) is 3.27. The number of nitrogens with zero attached hydrogens (tertiary/aromatic N) is 5. The van der Waals surface area contributed by atoms with Gasteiger partial charge in [0.15, 0.2) is 5.65 Å². The van der Waals surface area contributed by atoms with Gasteiger partial charge in [-0.3, -0.25) is 9.20 Å². The first kappa shape index (κ1) is 17.1. The summed E-state index contributed by atoms with van der Waals surface area (Å²) in [4.78, 5) is 16.9. The van der Waals surface area contributed by atoms with Crippen LogP contribution in [0.2, 0.25) is 0 Å². The first-order chi connectivity index (χ1) is 13.2. The maximum atomic E-state index is 12.9. The number of benzene rings is 1. The van der Waals surface area contributed by atoms with Crippen LogP contribution >= 0.6 is 0 Å². The number of anilines is 1. The molecule has 140 valence electrons. The number of ether oxygens (including phenoxy) is 2. The molecule has 0 spiro atoms. The Labute approximate surface area is 156 Å². The van der Waals surface area contributed by atoms with E-state index >= 15 is 0 Å². The maximum Gasteiger partial charge on any atom is 0.254 e. The number of amides is 1. The number of fused-ring (bicyclic) bond motifs is 1. The predicted molar refractivity (Wildman–Crippen MR) is 101 cm³/mol. The average molecular weight is 367 g/mol. The topological polar surface area (TPSA) is 72.2 Å². The number of aromatic nitrogens is 3. The van der Waals surface area contributed by atoms with Crippen molar-refractivity contribution in [3.8, 4) is 11.5 Å². The van der Waals surface area contributed by atoms with E-state index in [0.717, 1.165) is 11.6 Å². The number of piperazine rings is 1. The van der Waals surface area contributed by atoms with E-state index in [1.54, 1.807) is 32.4 Å². The van der Waals surface area contributed by atoms with Crippen molar-refractivity contribution in [3.05, 3.63) is 48.2 Å². The molecule has 2 aromatic heterocycles. The van der Waals surface area contributed by atoms with Crippen LogP contribution in [0.5, 0.6) is 11.5 Å². The molecule has 3 aromatic rings. The number of hydrogen-bond donors (Lipinski definition) is 0. The lowest BCUT2D eigenvalue weighted by Crippen LogP contribution is -2.49. The molecular formula is C19H21N5O3. The van der Waals surface area contributed by atoms with E-state index in [0.29, 0.717) is 43.2 Å². The maximum absolute atomic E-state index is 12.9. The van der Waals surface area contributed by atoms with Crippen molar-refractivity contribution in [1.82, 2.24) is 19.5 Å². The normalized spacial score (nSPS) is 14.4. The quantitative estimate of drug-likeness (QED) is 0.699. The molecule has 0 unspecified atom stereocenters. The molecule has 1 amide bonds. The van der Waals surface area contributed by atoms with E-state index < -0.39 is 0 Å². The Bertz CT molecular complexity index is 941. The van der Waals surface area contributed by atoms with E-state index in [2.05, 4.69) is 15.1 Å². The van der Waals surface area contributed by atoms with Gasteiger partial charge >= 0.3 is 0 Å². The van der Waals surface area contributed by atoms with Crippen molar-refractivity contribution in [2.24, 2.45) is 0 Å². The average Bonchev–Trinajstić information content (AvgIpc) is 3.17. The highest BCUT2D eigenvalue weighted by Gasteiger charge is 2.25. The second-order valence-electron chi connectivity index (χ2n) is 6.31. The minimum absolute atomic E-state index is 0.0297. The fraction of sp³-hybridized carbons (Fsp3) is 0.316. The second kappa shape index (κ2) is 7.14. The summed E-state index contributed by atoms with van der Waals surface area (Å²) >= 11 is 0. The minimum Gasteiger partial charge on any atom is -0.497 e. The zero-order chi connectivity index (χ0) is 18.8. The van der Waals surface area contributed by atoms with E-state index in [4.69, 9.17) is 9.47 Å². The monoisotopic (exact) mass is 367 g/mol. The van der Waals surface area contributed by atoms with Gasteiger partial charge in [0.05, 0.1) is 14.2 Å². The van der Waals surface area contributed by atoms with Gasteiger partial charge in [-0.25, -0.2) is 0 Å². The highest BCUT2D eigenvalue weighted by Crippen LogP contribution is 2.24. The summed E-state index contributed by atoms with van der Waals surface area (Å²) in [6, 6.07) is 11.0. The van der Waals surface area contributed by atoms with Crippen molar-refractivity contribution in [2.45, 2.75) is 0 Å². The summed E-state index contributed by atoms with van der Waals surface area (Å²) in [5.74, 6) is 1.98. The first-order valence-electron chi connectivity index (χ1n) is 8.76. The molecule has 0 aliphatic carbocycles. The molecule has 27 heavy (non-hydrogen) atoms. The third-order valence-corrected chi connectivity index (χ3v) is 4.74. The number of methoxy groups -OCH3 is 2. The van der Waals surface area contributed by atoms with Gasteiger partial charge in [-0.2, -0.15) is 0 Å². The fourth-order valence-electron chi connectivity index (χ4n) is 3.27. The van der Waals surface area contributed by atoms with Crippen LogP contribution in [0.3, 0.4) is 0 Å². The SMILES string of the molecule is COc1cc(OC)cc(C(=O)N2CCN(c3nnc4ccccn34)CC2)c1. The van der Waals surface area contributed by atoms with E-state index in [-0.39, 0.29) is 5.91 Å².